The molecule has 1 saturated heterocycles. The Balaban J connectivity index is 1.74. The fourth-order valence-electron chi connectivity index (χ4n) is 3.50. The van der Waals surface area contributed by atoms with E-state index in [1.807, 2.05) is 48.5 Å². The van der Waals surface area contributed by atoms with Gasteiger partial charge in [0.15, 0.2) is 5.78 Å². The fraction of sp³-hybridized carbons (Fsp3) is 0.364. The van der Waals surface area contributed by atoms with Crippen LogP contribution >= 0.6 is 0 Å². The van der Waals surface area contributed by atoms with E-state index in [2.05, 4.69) is 29.2 Å². The molecule has 1 heterocycles. The predicted octanol–water partition coefficient (Wildman–Crippen LogP) is 2.53. The van der Waals surface area contributed by atoms with Crippen LogP contribution < -0.4 is 5.32 Å². The van der Waals surface area contributed by atoms with Crippen molar-refractivity contribution in [3.63, 3.8) is 0 Å². The molecule has 1 atom stereocenters. The zero-order valence-corrected chi connectivity index (χ0v) is 16.2. The van der Waals surface area contributed by atoms with Crippen LogP contribution in [0.4, 0.5) is 0 Å². The normalized spacial score (nSPS) is 18.3. The number of piperazine rings is 1. The highest BCUT2D eigenvalue weighted by Gasteiger charge is 2.22. The van der Waals surface area contributed by atoms with Gasteiger partial charge >= 0.3 is 0 Å². The quantitative estimate of drug-likeness (QED) is 0.828. The summed E-state index contributed by atoms with van der Waals surface area (Å²) in [6.45, 7) is 5.19. The first-order valence-corrected chi connectivity index (χ1v) is 9.33. The summed E-state index contributed by atoms with van der Waals surface area (Å²) in [6.07, 6.45) is 0. The molecule has 0 unspecified atom stereocenters. The maximum absolute atomic E-state index is 12.7. The van der Waals surface area contributed by atoms with Gasteiger partial charge in [0, 0.05) is 43.3 Å². The summed E-state index contributed by atoms with van der Waals surface area (Å²) in [6, 6.07) is 15.3. The molecule has 3 rings (SSSR count). The van der Waals surface area contributed by atoms with Crippen LogP contribution in [0.3, 0.4) is 0 Å². The number of amides is 1. The number of nitrogens with zero attached hydrogens (tertiary/aromatic N) is 2. The van der Waals surface area contributed by atoms with Crippen LogP contribution in [0.15, 0.2) is 48.5 Å². The molecular formula is C22H27N3O2. The molecule has 2 aromatic carbocycles. The van der Waals surface area contributed by atoms with Crippen molar-refractivity contribution in [2.75, 3.05) is 40.3 Å². The van der Waals surface area contributed by atoms with Gasteiger partial charge < -0.3 is 10.2 Å². The Morgan fingerprint density at radius 2 is 1.85 bits per heavy atom. The molecule has 1 amide bonds. The number of hydrogen-bond donors (Lipinski definition) is 1. The van der Waals surface area contributed by atoms with Crippen molar-refractivity contribution in [3.05, 3.63) is 59.7 Å². The van der Waals surface area contributed by atoms with Crippen LogP contribution in [-0.2, 0) is 0 Å². The first kappa shape index (κ1) is 19.3. The Labute approximate surface area is 161 Å². The number of benzene rings is 2. The van der Waals surface area contributed by atoms with Gasteiger partial charge in [-0.1, -0.05) is 36.4 Å². The highest BCUT2D eigenvalue weighted by atomic mass is 16.1. The minimum absolute atomic E-state index is 0.0184. The molecule has 5 heteroatoms. The van der Waals surface area contributed by atoms with Gasteiger partial charge in [-0.25, -0.2) is 0 Å². The summed E-state index contributed by atoms with van der Waals surface area (Å²) in [5.41, 5.74) is 3.01. The number of Topliss-reactive ketones (excluding diaryl/α,β-unsaturated/α-hetero) is 1. The fourth-order valence-corrected chi connectivity index (χ4v) is 3.50. The van der Waals surface area contributed by atoms with Crippen LogP contribution in [0.5, 0.6) is 0 Å². The van der Waals surface area contributed by atoms with E-state index in [0.29, 0.717) is 23.7 Å². The molecule has 1 aliphatic rings. The topological polar surface area (TPSA) is 52.7 Å². The van der Waals surface area contributed by atoms with Crippen molar-refractivity contribution in [3.8, 4) is 11.1 Å². The van der Waals surface area contributed by atoms with Gasteiger partial charge in [0.25, 0.3) is 5.91 Å². The molecule has 1 aliphatic heterocycles. The Kier molecular flexibility index (Phi) is 6.04. The summed E-state index contributed by atoms with van der Waals surface area (Å²) in [5.74, 6) is -0.0660. The molecule has 1 N–H and O–H groups in total. The van der Waals surface area contributed by atoms with Crippen molar-refractivity contribution < 1.29 is 9.59 Å². The molecule has 5 nitrogen and oxygen atoms in total. The lowest BCUT2D eigenvalue weighted by molar-refractivity contribution is 0.0881. The smallest absolute Gasteiger partial charge is 0.251 e. The largest absolute Gasteiger partial charge is 0.350 e. The molecule has 1 fully saturated rings. The minimum atomic E-state index is -0.0845. The second kappa shape index (κ2) is 8.46. The highest BCUT2D eigenvalue weighted by Crippen LogP contribution is 2.25. The third-order valence-electron chi connectivity index (χ3n) is 5.22. The van der Waals surface area contributed by atoms with Gasteiger partial charge in [-0.2, -0.15) is 0 Å². The van der Waals surface area contributed by atoms with E-state index in [4.69, 9.17) is 0 Å². The first-order valence-electron chi connectivity index (χ1n) is 9.33. The van der Waals surface area contributed by atoms with Crippen LogP contribution in [-0.4, -0.2) is 67.8 Å². The van der Waals surface area contributed by atoms with Crippen molar-refractivity contribution in [1.82, 2.24) is 15.1 Å². The standard InChI is InChI=1S/C22H27N3O2/c1-16(26)20-9-4-5-10-21(20)17-7-6-8-18(13-17)22(27)23-14-19-15-24(2)11-12-25(19)3/h4-10,13,19H,11-12,14-15H2,1-3H3,(H,23,27)/t19-/m0/s1. The van der Waals surface area contributed by atoms with E-state index >= 15 is 0 Å². The monoisotopic (exact) mass is 365 g/mol. The molecule has 2 aromatic rings. The third-order valence-corrected chi connectivity index (χ3v) is 5.22. The number of likely N-dealkylation sites (N-methyl/N-ethyl adjacent to an activating group) is 2. The zero-order valence-electron chi connectivity index (χ0n) is 16.2. The van der Waals surface area contributed by atoms with Crippen LogP contribution in [0.25, 0.3) is 11.1 Å². The molecule has 0 aliphatic carbocycles. The minimum Gasteiger partial charge on any atom is -0.350 e. The average Bonchev–Trinajstić information content (AvgIpc) is 2.68. The molecule has 0 bridgehead atoms. The lowest BCUT2D eigenvalue weighted by Gasteiger charge is -2.37. The number of carbonyl (C=O) groups excluding carboxylic acids is 2. The Morgan fingerprint density at radius 3 is 2.63 bits per heavy atom. The Bertz CT molecular complexity index is 834. The van der Waals surface area contributed by atoms with Crippen LogP contribution in [0, 0.1) is 0 Å². The van der Waals surface area contributed by atoms with Crippen molar-refractivity contribution in [2.45, 2.75) is 13.0 Å². The van der Waals surface area contributed by atoms with Gasteiger partial charge in [0.1, 0.15) is 0 Å². The molecule has 0 saturated carbocycles. The summed E-state index contributed by atoms with van der Waals surface area (Å²) in [7, 11) is 4.21. The molecule has 142 valence electrons. The molecule has 0 aromatic heterocycles. The van der Waals surface area contributed by atoms with Crippen molar-refractivity contribution >= 4 is 11.7 Å². The summed E-state index contributed by atoms with van der Waals surface area (Å²) < 4.78 is 0. The number of rotatable bonds is 5. The average molecular weight is 365 g/mol. The lowest BCUT2D eigenvalue weighted by atomic mass is 9.96. The summed E-state index contributed by atoms with van der Waals surface area (Å²) in [5, 5.41) is 3.06. The SMILES string of the molecule is CC(=O)c1ccccc1-c1cccc(C(=O)NC[C@H]2CN(C)CCN2C)c1. The van der Waals surface area contributed by atoms with E-state index in [1.54, 1.807) is 6.92 Å². The third kappa shape index (κ3) is 4.62. The molecule has 27 heavy (non-hydrogen) atoms. The maximum Gasteiger partial charge on any atom is 0.251 e. The van der Waals surface area contributed by atoms with Gasteiger partial charge in [-0.15, -0.1) is 0 Å². The number of hydrogen-bond acceptors (Lipinski definition) is 4. The predicted molar refractivity (Wildman–Crippen MR) is 108 cm³/mol. The Morgan fingerprint density at radius 1 is 1.07 bits per heavy atom. The lowest BCUT2D eigenvalue weighted by Crippen LogP contribution is -2.54. The highest BCUT2D eigenvalue weighted by molar-refractivity contribution is 6.02. The molecular weight excluding hydrogens is 338 g/mol. The van der Waals surface area contributed by atoms with Crippen LogP contribution in [0.2, 0.25) is 0 Å². The van der Waals surface area contributed by atoms with Gasteiger partial charge in [0.2, 0.25) is 0 Å². The molecule has 0 spiro atoms. The Hall–Kier alpha value is -2.50. The van der Waals surface area contributed by atoms with Gasteiger partial charge in [-0.3, -0.25) is 14.5 Å². The van der Waals surface area contributed by atoms with Crippen LogP contribution in [0.1, 0.15) is 27.6 Å². The molecule has 0 radical (unpaired) electrons. The second-order valence-electron chi connectivity index (χ2n) is 7.29. The summed E-state index contributed by atoms with van der Waals surface area (Å²) in [4.78, 5) is 29.2. The van der Waals surface area contributed by atoms with Crippen molar-refractivity contribution in [2.24, 2.45) is 0 Å². The zero-order chi connectivity index (χ0) is 19.4. The van der Waals surface area contributed by atoms with E-state index in [1.165, 1.54) is 0 Å². The number of ketones is 1. The number of carbonyl (C=O) groups is 2. The van der Waals surface area contributed by atoms with E-state index in [9.17, 15) is 9.59 Å². The number of nitrogens with one attached hydrogen (secondary N) is 1. The summed E-state index contributed by atoms with van der Waals surface area (Å²) >= 11 is 0. The van der Waals surface area contributed by atoms with Gasteiger partial charge in [-0.05, 0) is 44.3 Å². The van der Waals surface area contributed by atoms with E-state index in [-0.39, 0.29) is 11.7 Å². The first-order chi connectivity index (χ1) is 13.0. The second-order valence-corrected chi connectivity index (χ2v) is 7.29. The maximum atomic E-state index is 12.7. The van der Waals surface area contributed by atoms with E-state index in [0.717, 1.165) is 30.8 Å². The van der Waals surface area contributed by atoms with Crippen molar-refractivity contribution in [1.29, 1.82) is 0 Å². The van der Waals surface area contributed by atoms with E-state index < -0.39 is 0 Å². The van der Waals surface area contributed by atoms with Gasteiger partial charge in [0.05, 0.1) is 0 Å².